The second kappa shape index (κ2) is 4.75. The minimum atomic E-state index is 0.318. The van der Waals surface area contributed by atoms with Gasteiger partial charge >= 0.3 is 0 Å². The molecule has 1 aromatic rings. The fourth-order valence-electron chi connectivity index (χ4n) is 2.76. The van der Waals surface area contributed by atoms with Crippen LogP contribution in [0.15, 0.2) is 33.7 Å². The summed E-state index contributed by atoms with van der Waals surface area (Å²) >= 11 is 6.98. The Morgan fingerprint density at radius 1 is 1.44 bits per heavy atom. The van der Waals surface area contributed by atoms with Crippen LogP contribution in [0.1, 0.15) is 30.6 Å². The van der Waals surface area contributed by atoms with Crippen LogP contribution in [0.4, 0.5) is 0 Å². The fraction of sp³-hybridized carbons (Fsp3) is 0.357. The molecule has 0 amide bonds. The molecule has 0 saturated heterocycles. The predicted molar refractivity (Wildman–Crippen MR) is 78.1 cm³/mol. The van der Waals surface area contributed by atoms with Crippen LogP contribution in [-0.2, 0) is 0 Å². The zero-order valence-electron chi connectivity index (χ0n) is 9.85. The van der Waals surface area contributed by atoms with E-state index >= 15 is 0 Å². The maximum atomic E-state index is 9.26. The van der Waals surface area contributed by atoms with Crippen molar-refractivity contribution in [1.29, 1.82) is 5.26 Å². The molecular weight excluding hydrogens is 260 g/mol. The van der Waals surface area contributed by atoms with E-state index in [1.165, 1.54) is 16.9 Å². The molecule has 2 heterocycles. The molecule has 0 bridgehead atoms. The maximum Gasteiger partial charge on any atom is 0.144 e. The van der Waals surface area contributed by atoms with Crippen LogP contribution < -0.4 is 0 Å². The first kappa shape index (κ1) is 11.8. The fourth-order valence-corrected chi connectivity index (χ4v) is 3.81. The summed E-state index contributed by atoms with van der Waals surface area (Å²) in [5.41, 5.74) is 2.98. The number of thiophene rings is 1. The van der Waals surface area contributed by atoms with Crippen molar-refractivity contribution in [2.24, 2.45) is 10.9 Å². The largest absolute Gasteiger partial charge is 0.238 e. The lowest BCUT2D eigenvalue weighted by atomic mass is 9.77. The third kappa shape index (κ3) is 1.84. The summed E-state index contributed by atoms with van der Waals surface area (Å²) in [6, 6.07) is 6.39. The number of dihydropyridines is 1. The second-order valence-electron chi connectivity index (χ2n) is 4.59. The Kier molecular flexibility index (Phi) is 3.11. The average molecular weight is 272 g/mol. The van der Waals surface area contributed by atoms with E-state index < -0.39 is 0 Å². The van der Waals surface area contributed by atoms with Crippen LogP contribution in [0.3, 0.4) is 0 Å². The quantitative estimate of drug-likeness (QED) is 0.727. The van der Waals surface area contributed by atoms with Gasteiger partial charge in [-0.15, -0.1) is 11.3 Å². The molecule has 2 nitrogen and oxygen atoms in total. The normalized spacial score (nSPS) is 23.4. The summed E-state index contributed by atoms with van der Waals surface area (Å²) in [5, 5.41) is 11.3. The van der Waals surface area contributed by atoms with E-state index in [0.29, 0.717) is 16.5 Å². The van der Waals surface area contributed by atoms with Gasteiger partial charge in [0.05, 0.1) is 11.3 Å². The molecule has 1 aliphatic heterocycles. The zero-order chi connectivity index (χ0) is 12.5. The highest BCUT2D eigenvalue weighted by Gasteiger charge is 2.32. The highest BCUT2D eigenvalue weighted by Crippen LogP contribution is 2.38. The second-order valence-corrected chi connectivity index (χ2v) is 5.92. The van der Waals surface area contributed by atoms with Crippen molar-refractivity contribution < 1.29 is 0 Å². The van der Waals surface area contributed by atoms with E-state index in [1.54, 1.807) is 11.3 Å². The Balaban J connectivity index is 2.09. The molecule has 0 aromatic carbocycles. The highest BCUT2D eigenvalue weighted by molar-refractivity contribution is 7.80. The lowest BCUT2D eigenvalue weighted by molar-refractivity contribution is 0.536. The molecule has 0 radical (unpaired) electrons. The first-order valence-electron chi connectivity index (χ1n) is 6.11. The molecule has 4 heteroatoms. The van der Waals surface area contributed by atoms with E-state index in [2.05, 4.69) is 22.5 Å². The van der Waals surface area contributed by atoms with E-state index in [-0.39, 0.29) is 0 Å². The zero-order valence-corrected chi connectivity index (χ0v) is 11.5. The number of hydrogen-bond donors (Lipinski definition) is 0. The van der Waals surface area contributed by atoms with Crippen LogP contribution >= 0.6 is 23.6 Å². The molecular formula is C14H12N2S2. The number of nitriles is 1. The van der Waals surface area contributed by atoms with E-state index in [1.807, 2.05) is 6.07 Å². The summed E-state index contributed by atoms with van der Waals surface area (Å²) in [6.07, 6.45) is 4.47. The van der Waals surface area contributed by atoms with Crippen molar-refractivity contribution in [3.63, 3.8) is 0 Å². The van der Waals surface area contributed by atoms with Gasteiger partial charge < -0.3 is 0 Å². The lowest BCUT2D eigenvalue weighted by Crippen LogP contribution is -2.27. The average Bonchev–Trinajstić information content (AvgIpc) is 2.91. The van der Waals surface area contributed by atoms with Gasteiger partial charge in [0, 0.05) is 10.8 Å². The van der Waals surface area contributed by atoms with Gasteiger partial charge in [-0.3, -0.25) is 0 Å². The van der Waals surface area contributed by atoms with Crippen molar-refractivity contribution in [2.45, 2.75) is 25.7 Å². The lowest BCUT2D eigenvalue weighted by Gasteiger charge is -2.30. The monoisotopic (exact) mass is 272 g/mol. The van der Waals surface area contributed by atoms with E-state index in [4.69, 9.17) is 12.2 Å². The number of thiocarbonyl (C=S) groups is 1. The molecule has 90 valence electrons. The SMILES string of the molecule is N#CC1=C2CCCCC2C(c2cccs2)=NC1=S. The topological polar surface area (TPSA) is 36.1 Å². The Morgan fingerprint density at radius 3 is 3.06 bits per heavy atom. The van der Waals surface area contributed by atoms with Crippen LogP contribution in [-0.4, -0.2) is 10.7 Å². The third-order valence-corrected chi connectivity index (χ3v) is 4.77. The molecule has 1 atom stereocenters. The third-order valence-electron chi connectivity index (χ3n) is 3.58. The van der Waals surface area contributed by atoms with Gasteiger partial charge in [-0.05, 0) is 36.3 Å². The maximum absolute atomic E-state index is 9.26. The number of nitrogens with zero attached hydrogens (tertiary/aromatic N) is 2. The van der Waals surface area contributed by atoms with Gasteiger partial charge in [-0.1, -0.05) is 24.7 Å². The molecule has 1 aromatic heterocycles. The summed E-state index contributed by atoms with van der Waals surface area (Å²) in [6.45, 7) is 0. The van der Waals surface area contributed by atoms with Gasteiger partial charge in [-0.25, -0.2) is 4.99 Å². The van der Waals surface area contributed by atoms with Crippen molar-refractivity contribution in [2.75, 3.05) is 0 Å². The Hall–Kier alpha value is -1.31. The van der Waals surface area contributed by atoms with Crippen molar-refractivity contribution >= 4 is 34.3 Å². The van der Waals surface area contributed by atoms with Crippen LogP contribution in [0.25, 0.3) is 0 Å². The smallest absolute Gasteiger partial charge is 0.144 e. The molecule has 3 rings (SSSR count). The number of fused-ring (bicyclic) bond motifs is 1. The molecule has 2 aliphatic rings. The first-order chi connectivity index (χ1) is 8.81. The van der Waals surface area contributed by atoms with E-state index in [9.17, 15) is 5.26 Å². The number of hydrogen-bond acceptors (Lipinski definition) is 3. The Labute approximate surface area is 116 Å². The van der Waals surface area contributed by atoms with Crippen LogP contribution in [0.5, 0.6) is 0 Å². The molecule has 18 heavy (non-hydrogen) atoms. The number of rotatable bonds is 1. The molecule has 0 N–H and O–H groups in total. The summed E-state index contributed by atoms with van der Waals surface area (Å²) in [7, 11) is 0. The van der Waals surface area contributed by atoms with Crippen LogP contribution in [0, 0.1) is 17.2 Å². The molecule has 1 fully saturated rings. The van der Waals surface area contributed by atoms with Crippen molar-refractivity contribution in [1.82, 2.24) is 0 Å². The van der Waals surface area contributed by atoms with Crippen molar-refractivity contribution in [3.8, 4) is 6.07 Å². The highest BCUT2D eigenvalue weighted by atomic mass is 32.1. The van der Waals surface area contributed by atoms with Gasteiger partial charge in [-0.2, -0.15) is 5.26 Å². The molecule has 1 unspecified atom stereocenters. The molecule has 1 aliphatic carbocycles. The van der Waals surface area contributed by atoms with Gasteiger partial charge in [0.25, 0.3) is 0 Å². The number of allylic oxidation sites excluding steroid dienone is 1. The standard InChI is InChI=1S/C14H12N2S2/c15-8-11-9-4-1-2-5-10(9)13(16-14(11)17)12-6-3-7-18-12/h3,6-7,10H,1-2,4-5H2. The summed E-state index contributed by atoms with van der Waals surface area (Å²) in [5.74, 6) is 0.318. The molecule has 1 saturated carbocycles. The van der Waals surface area contributed by atoms with Gasteiger partial charge in [0.1, 0.15) is 11.1 Å². The predicted octanol–water partition coefficient (Wildman–Crippen LogP) is 3.89. The van der Waals surface area contributed by atoms with Crippen LogP contribution in [0.2, 0.25) is 0 Å². The van der Waals surface area contributed by atoms with Gasteiger partial charge in [0.2, 0.25) is 0 Å². The van der Waals surface area contributed by atoms with Gasteiger partial charge in [0.15, 0.2) is 0 Å². The number of aliphatic imine (C=N–C) groups is 1. The Morgan fingerprint density at radius 2 is 2.33 bits per heavy atom. The van der Waals surface area contributed by atoms with Crippen molar-refractivity contribution in [3.05, 3.63) is 33.5 Å². The van der Waals surface area contributed by atoms with E-state index in [0.717, 1.165) is 25.0 Å². The summed E-state index contributed by atoms with van der Waals surface area (Å²) < 4.78 is 0. The summed E-state index contributed by atoms with van der Waals surface area (Å²) in [4.78, 5) is 6.21. The minimum absolute atomic E-state index is 0.318. The minimum Gasteiger partial charge on any atom is -0.238 e. The molecule has 0 spiro atoms. The Bertz CT molecular complexity index is 588. The first-order valence-corrected chi connectivity index (χ1v) is 7.40.